The van der Waals surface area contributed by atoms with Crippen molar-refractivity contribution in [1.82, 2.24) is 9.91 Å². The lowest BCUT2D eigenvalue weighted by Crippen LogP contribution is -2.44. The summed E-state index contributed by atoms with van der Waals surface area (Å²) in [6, 6.07) is 14.8. The number of benzene rings is 2. The van der Waals surface area contributed by atoms with Gasteiger partial charge in [0.05, 0.1) is 25.4 Å². The third-order valence-electron chi connectivity index (χ3n) is 6.65. The molecule has 0 N–H and O–H groups in total. The second-order valence-corrected chi connectivity index (χ2v) is 8.91. The number of hydrogen-bond acceptors (Lipinski definition) is 4. The molecule has 4 rings (SSSR count). The summed E-state index contributed by atoms with van der Waals surface area (Å²) in [6.45, 7) is 7.88. The molecule has 1 amide bonds. The lowest BCUT2D eigenvalue weighted by molar-refractivity contribution is -0.135. The summed E-state index contributed by atoms with van der Waals surface area (Å²) < 4.78 is 5.29. The van der Waals surface area contributed by atoms with Crippen molar-refractivity contribution in [2.75, 3.05) is 20.2 Å². The minimum absolute atomic E-state index is 0.0645. The van der Waals surface area contributed by atoms with Gasteiger partial charge in [-0.05, 0) is 81.1 Å². The third kappa shape index (κ3) is 4.67. The average molecular weight is 420 g/mol. The van der Waals surface area contributed by atoms with E-state index >= 15 is 0 Å². The molecule has 1 fully saturated rings. The predicted octanol–water partition coefficient (Wildman–Crippen LogP) is 4.86. The van der Waals surface area contributed by atoms with E-state index in [-0.39, 0.29) is 11.9 Å². The van der Waals surface area contributed by atoms with Gasteiger partial charge in [-0.2, -0.15) is 5.10 Å². The topological polar surface area (TPSA) is 45.1 Å². The maximum absolute atomic E-state index is 13.5. The van der Waals surface area contributed by atoms with Gasteiger partial charge < -0.3 is 4.74 Å². The van der Waals surface area contributed by atoms with Gasteiger partial charge in [0, 0.05) is 12.5 Å². The predicted molar refractivity (Wildman–Crippen MR) is 125 cm³/mol. The van der Waals surface area contributed by atoms with Gasteiger partial charge in [0.15, 0.2) is 0 Å². The standard InChI is InChI=1S/C26H33N3O2/c1-18-8-13-23(19(2)15-18)25-16-24(21-9-11-22(31-4)12-10-21)27-29(25)26(30)17-28-14-6-5-7-20(28)3/h8-13,15,20,25H,5-7,14,16-17H2,1-4H3. The molecule has 0 spiro atoms. The van der Waals surface area contributed by atoms with Crippen molar-refractivity contribution in [3.05, 3.63) is 64.7 Å². The lowest BCUT2D eigenvalue weighted by Gasteiger charge is -2.34. The molecular weight excluding hydrogens is 386 g/mol. The molecule has 0 radical (unpaired) electrons. The summed E-state index contributed by atoms with van der Waals surface area (Å²) in [5.41, 5.74) is 5.61. The first-order valence-electron chi connectivity index (χ1n) is 11.3. The second-order valence-electron chi connectivity index (χ2n) is 8.91. The van der Waals surface area contributed by atoms with Crippen molar-refractivity contribution in [2.24, 2.45) is 5.10 Å². The van der Waals surface area contributed by atoms with Crippen LogP contribution in [0.2, 0.25) is 0 Å². The quantitative estimate of drug-likeness (QED) is 0.695. The highest BCUT2D eigenvalue weighted by molar-refractivity contribution is 6.03. The van der Waals surface area contributed by atoms with Crippen LogP contribution >= 0.6 is 0 Å². The normalized spacial score (nSPS) is 21.8. The fourth-order valence-corrected chi connectivity index (χ4v) is 4.78. The average Bonchev–Trinajstić information content (AvgIpc) is 3.20. The van der Waals surface area contributed by atoms with E-state index in [1.807, 2.05) is 24.3 Å². The molecule has 164 valence electrons. The van der Waals surface area contributed by atoms with Crippen LogP contribution in [-0.4, -0.2) is 47.8 Å². The van der Waals surface area contributed by atoms with Crippen molar-refractivity contribution < 1.29 is 9.53 Å². The highest BCUT2D eigenvalue weighted by atomic mass is 16.5. The zero-order valence-corrected chi connectivity index (χ0v) is 19.1. The number of carbonyl (C=O) groups is 1. The summed E-state index contributed by atoms with van der Waals surface area (Å²) in [6.07, 6.45) is 4.30. The molecular formula is C26H33N3O2. The van der Waals surface area contributed by atoms with Gasteiger partial charge >= 0.3 is 0 Å². The van der Waals surface area contributed by atoms with Gasteiger partial charge in [0.1, 0.15) is 5.75 Å². The summed E-state index contributed by atoms with van der Waals surface area (Å²) in [7, 11) is 1.67. The highest BCUT2D eigenvalue weighted by Gasteiger charge is 2.35. The molecule has 2 atom stereocenters. The molecule has 2 heterocycles. The number of carbonyl (C=O) groups excluding carboxylic acids is 1. The third-order valence-corrected chi connectivity index (χ3v) is 6.65. The van der Waals surface area contributed by atoms with Crippen LogP contribution in [0.4, 0.5) is 0 Å². The first-order valence-corrected chi connectivity index (χ1v) is 11.3. The maximum atomic E-state index is 13.5. The number of rotatable bonds is 5. The molecule has 2 unspecified atom stereocenters. The Balaban J connectivity index is 1.63. The van der Waals surface area contributed by atoms with E-state index in [4.69, 9.17) is 9.84 Å². The van der Waals surface area contributed by atoms with Gasteiger partial charge in [-0.3, -0.25) is 9.69 Å². The Morgan fingerprint density at radius 1 is 1.13 bits per heavy atom. The van der Waals surface area contributed by atoms with Crippen LogP contribution in [0.1, 0.15) is 60.9 Å². The molecule has 1 saturated heterocycles. The SMILES string of the molecule is COc1ccc(C2=NN(C(=O)CN3CCCCC3C)C(c3ccc(C)cc3C)C2)cc1. The Morgan fingerprint density at radius 2 is 1.90 bits per heavy atom. The number of amides is 1. The van der Waals surface area contributed by atoms with Crippen molar-refractivity contribution in [3.63, 3.8) is 0 Å². The Kier molecular flexibility index (Phi) is 6.42. The number of likely N-dealkylation sites (tertiary alicyclic amines) is 1. The summed E-state index contributed by atoms with van der Waals surface area (Å²) in [4.78, 5) is 15.8. The van der Waals surface area contributed by atoms with Crippen LogP contribution in [0.3, 0.4) is 0 Å². The maximum Gasteiger partial charge on any atom is 0.257 e. The largest absolute Gasteiger partial charge is 0.497 e. The van der Waals surface area contributed by atoms with Crippen molar-refractivity contribution >= 4 is 11.6 Å². The number of piperidine rings is 1. The smallest absolute Gasteiger partial charge is 0.257 e. The molecule has 5 nitrogen and oxygen atoms in total. The minimum atomic E-state index is -0.0645. The molecule has 0 bridgehead atoms. The molecule has 2 aromatic carbocycles. The number of nitrogens with zero attached hydrogens (tertiary/aromatic N) is 3. The molecule has 0 saturated carbocycles. The number of ether oxygens (including phenoxy) is 1. The molecule has 2 aliphatic heterocycles. The molecule has 0 aliphatic carbocycles. The zero-order valence-electron chi connectivity index (χ0n) is 19.1. The Labute approximate surface area is 185 Å². The molecule has 2 aromatic rings. The van der Waals surface area contributed by atoms with E-state index in [1.54, 1.807) is 12.1 Å². The van der Waals surface area contributed by atoms with Gasteiger partial charge in [-0.15, -0.1) is 0 Å². The monoisotopic (exact) mass is 419 g/mol. The summed E-state index contributed by atoms with van der Waals surface area (Å²) in [5.74, 6) is 0.905. The van der Waals surface area contributed by atoms with E-state index in [0.29, 0.717) is 12.6 Å². The zero-order chi connectivity index (χ0) is 22.0. The number of hydrogen-bond donors (Lipinski definition) is 0. The van der Waals surface area contributed by atoms with Crippen LogP contribution < -0.4 is 4.74 Å². The number of methoxy groups -OCH3 is 1. The minimum Gasteiger partial charge on any atom is -0.497 e. The van der Waals surface area contributed by atoms with E-state index in [0.717, 1.165) is 36.4 Å². The lowest BCUT2D eigenvalue weighted by atomic mass is 9.94. The van der Waals surface area contributed by atoms with Crippen LogP contribution in [0.15, 0.2) is 47.6 Å². The van der Waals surface area contributed by atoms with E-state index < -0.39 is 0 Å². The van der Waals surface area contributed by atoms with Gasteiger partial charge in [0.25, 0.3) is 5.91 Å². The van der Waals surface area contributed by atoms with Crippen molar-refractivity contribution in [3.8, 4) is 5.75 Å². The molecule has 5 heteroatoms. The second kappa shape index (κ2) is 9.23. The fourth-order valence-electron chi connectivity index (χ4n) is 4.78. The highest BCUT2D eigenvalue weighted by Crippen LogP contribution is 2.35. The van der Waals surface area contributed by atoms with Crippen LogP contribution in [0.5, 0.6) is 5.75 Å². The van der Waals surface area contributed by atoms with Crippen LogP contribution in [0.25, 0.3) is 0 Å². The van der Waals surface area contributed by atoms with E-state index in [1.165, 1.54) is 29.5 Å². The number of aryl methyl sites for hydroxylation is 2. The Bertz CT molecular complexity index is 967. The summed E-state index contributed by atoms with van der Waals surface area (Å²) >= 11 is 0. The van der Waals surface area contributed by atoms with Gasteiger partial charge in [-0.25, -0.2) is 5.01 Å². The van der Waals surface area contributed by atoms with Gasteiger partial charge in [-0.1, -0.05) is 30.2 Å². The van der Waals surface area contributed by atoms with Crippen LogP contribution in [0, 0.1) is 13.8 Å². The van der Waals surface area contributed by atoms with Crippen molar-refractivity contribution in [2.45, 2.75) is 58.5 Å². The Morgan fingerprint density at radius 3 is 2.58 bits per heavy atom. The molecule has 2 aliphatic rings. The molecule has 0 aromatic heterocycles. The Hall–Kier alpha value is -2.66. The first kappa shape index (κ1) is 21.6. The first-order chi connectivity index (χ1) is 15.0. The summed E-state index contributed by atoms with van der Waals surface area (Å²) in [5, 5.41) is 6.61. The number of hydrazone groups is 1. The van der Waals surface area contributed by atoms with Crippen LogP contribution in [-0.2, 0) is 4.79 Å². The van der Waals surface area contributed by atoms with Crippen molar-refractivity contribution in [1.29, 1.82) is 0 Å². The molecule has 31 heavy (non-hydrogen) atoms. The van der Waals surface area contributed by atoms with E-state index in [9.17, 15) is 4.79 Å². The fraction of sp³-hybridized carbons (Fsp3) is 0.462. The van der Waals surface area contributed by atoms with E-state index in [2.05, 4.69) is 43.9 Å². The van der Waals surface area contributed by atoms with Gasteiger partial charge in [0.2, 0.25) is 0 Å².